The van der Waals surface area contributed by atoms with Crippen molar-refractivity contribution in [3.8, 4) is 0 Å². The number of piperazine rings is 1. The number of aryl methyl sites for hydroxylation is 1. The van der Waals surface area contributed by atoms with Gasteiger partial charge in [-0.15, -0.1) is 0 Å². The first-order valence-corrected chi connectivity index (χ1v) is 9.02. The van der Waals surface area contributed by atoms with Crippen molar-refractivity contribution in [3.05, 3.63) is 29.8 Å². The van der Waals surface area contributed by atoms with Crippen LogP contribution in [-0.2, 0) is 16.0 Å². The molecule has 0 N–H and O–H groups in total. The van der Waals surface area contributed by atoms with Gasteiger partial charge in [0.25, 0.3) is 0 Å². The van der Waals surface area contributed by atoms with E-state index >= 15 is 0 Å². The lowest BCUT2D eigenvalue weighted by Crippen LogP contribution is -2.50. The van der Waals surface area contributed by atoms with Crippen LogP contribution in [0.5, 0.6) is 0 Å². The van der Waals surface area contributed by atoms with E-state index in [0.717, 1.165) is 44.8 Å². The molecule has 0 bridgehead atoms. The number of rotatable bonds is 4. The first kappa shape index (κ1) is 17.0. The molecule has 2 fully saturated rings. The van der Waals surface area contributed by atoms with Crippen molar-refractivity contribution < 1.29 is 9.59 Å². The smallest absolute Gasteiger partial charge is 0.228 e. The fourth-order valence-electron chi connectivity index (χ4n) is 3.58. The number of amides is 2. The van der Waals surface area contributed by atoms with E-state index in [1.54, 1.807) is 4.90 Å². The van der Waals surface area contributed by atoms with Crippen LogP contribution in [0.4, 0.5) is 5.69 Å². The van der Waals surface area contributed by atoms with E-state index < -0.39 is 0 Å². The lowest BCUT2D eigenvalue weighted by molar-refractivity contribution is -0.137. The van der Waals surface area contributed by atoms with Crippen LogP contribution >= 0.6 is 0 Å². The average molecular weight is 329 g/mol. The second-order valence-corrected chi connectivity index (χ2v) is 6.68. The van der Waals surface area contributed by atoms with Gasteiger partial charge in [-0.25, -0.2) is 0 Å². The standard InChI is InChI=1S/C19H27N3O2/c1-3-15-5-7-17(8-6-15)22-14-16(13-18(22)23)19(24)21-11-9-20(4-2)10-12-21/h5-8,16H,3-4,9-14H2,1-2H3. The van der Waals surface area contributed by atoms with Crippen LogP contribution < -0.4 is 4.90 Å². The Morgan fingerprint density at radius 3 is 2.33 bits per heavy atom. The average Bonchev–Trinajstić information content (AvgIpc) is 3.03. The minimum Gasteiger partial charge on any atom is -0.340 e. The molecular formula is C19H27N3O2. The molecule has 0 saturated carbocycles. The quantitative estimate of drug-likeness (QED) is 0.845. The third-order valence-electron chi connectivity index (χ3n) is 5.26. The highest BCUT2D eigenvalue weighted by Crippen LogP contribution is 2.27. The molecule has 1 unspecified atom stereocenters. The maximum atomic E-state index is 12.7. The molecule has 5 nitrogen and oxygen atoms in total. The van der Waals surface area contributed by atoms with Crippen LogP contribution in [0.2, 0.25) is 0 Å². The summed E-state index contributed by atoms with van der Waals surface area (Å²) >= 11 is 0. The molecule has 130 valence electrons. The van der Waals surface area contributed by atoms with Crippen molar-refractivity contribution in [1.29, 1.82) is 0 Å². The Kier molecular flexibility index (Phi) is 5.19. The molecule has 2 heterocycles. The van der Waals surface area contributed by atoms with Crippen LogP contribution in [0, 0.1) is 5.92 Å². The lowest BCUT2D eigenvalue weighted by Gasteiger charge is -2.35. The fraction of sp³-hybridized carbons (Fsp3) is 0.579. The monoisotopic (exact) mass is 329 g/mol. The van der Waals surface area contributed by atoms with Crippen molar-refractivity contribution in [2.24, 2.45) is 5.92 Å². The highest BCUT2D eigenvalue weighted by atomic mass is 16.2. The number of likely N-dealkylation sites (N-methyl/N-ethyl adjacent to an activating group) is 1. The Bertz CT molecular complexity index is 591. The van der Waals surface area contributed by atoms with Crippen LogP contribution in [0.3, 0.4) is 0 Å². The van der Waals surface area contributed by atoms with E-state index in [2.05, 4.69) is 30.9 Å². The number of nitrogens with zero attached hydrogens (tertiary/aromatic N) is 3. The van der Waals surface area contributed by atoms with E-state index in [1.807, 2.05) is 17.0 Å². The summed E-state index contributed by atoms with van der Waals surface area (Å²) in [7, 11) is 0. The second kappa shape index (κ2) is 7.34. The van der Waals surface area contributed by atoms with Gasteiger partial charge in [0.15, 0.2) is 0 Å². The highest BCUT2D eigenvalue weighted by Gasteiger charge is 2.37. The molecular weight excluding hydrogens is 302 g/mol. The second-order valence-electron chi connectivity index (χ2n) is 6.68. The molecule has 2 amide bonds. The summed E-state index contributed by atoms with van der Waals surface area (Å²) in [6.07, 6.45) is 1.32. The van der Waals surface area contributed by atoms with Crippen molar-refractivity contribution in [2.75, 3.05) is 44.2 Å². The first-order valence-electron chi connectivity index (χ1n) is 9.02. The largest absolute Gasteiger partial charge is 0.340 e. The molecule has 0 spiro atoms. The Morgan fingerprint density at radius 2 is 1.75 bits per heavy atom. The molecule has 2 aliphatic rings. The summed E-state index contributed by atoms with van der Waals surface area (Å²) in [6, 6.07) is 8.09. The zero-order chi connectivity index (χ0) is 17.1. The van der Waals surface area contributed by atoms with Crippen LogP contribution in [0.25, 0.3) is 0 Å². The topological polar surface area (TPSA) is 43.9 Å². The van der Waals surface area contributed by atoms with Crippen molar-refractivity contribution in [1.82, 2.24) is 9.80 Å². The van der Waals surface area contributed by atoms with Gasteiger partial charge >= 0.3 is 0 Å². The maximum Gasteiger partial charge on any atom is 0.228 e. The summed E-state index contributed by atoms with van der Waals surface area (Å²) in [5, 5.41) is 0. The van der Waals surface area contributed by atoms with Crippen molar-refractivity contribution >= 4 is 17.5 Å². The summed E-state index contributed by atoms with van der Waals surface area (Å²) in [4.78, 5) is 31.2. The third kappa shape index (κ3) is 3.46. The van der Waals surface area contributed by atoms with Crippen LogP contribution in [0.15, 0.2) is 24.3 Å². The number of carbonyl (C=O) groups excluding carboxylic acids is 2. The number of hydrogen-bond acceptors (Lipinski definition) is 3. The molecule has 1 aromatic carbocycles. The SMILES string of the molecule is CCc1ccc(N2CC(C(=O)N3CCN(CC)CC3)CC2=O)cc1. The minimum atomic E-state index is -0.198. The van der Waals surface area contributed by atoms with Gasteiger partial charge in [-0.3, -0.25) is 9.59 Å². The molecule has 24 heavy (non-hydrogen) atoms. The van der Waals surface area contributed by atoms with Crippen LogP contribution in [0.1, 0.15) is 25.8 Å². The molecule has 2 saturated heterocycles. The normalized spacial score (nSPS) is 22.2. The van der Waals surface area contributed by atoms with Gasteiger partial charge in [-0.2, -0.15) is 0 Å². The summed E-state index contributed by atoms with van der Waals surface area (Å²) in [5.41, 5.74) is 2.16. The summed E-state index contributed by atoms with van der Waals surface area (Å²) < 4.78 is 0. The van der Waals surface area contributed by atoms with Crippen molar-refractivity contribution in [2.45, 2.75) is 26.7 Å². The van der Waals surface area contributed by atoms with Gasteiger partial charge in [0.2, 0.25) is 11.8 Å². The number of anilines is 1. The van der Waals surface area contributed by atoms with E-state index in [-0.39, 0.29) is 17.7 Å². The Balaban J connectivity index is 1.62. The Morgan fingerprint density at radius 1 is 1.08 bits per heavy atom. The number of carbonyl (C=O) groups is 2. The zero-order valence-electron chi connectivity index (χ0n) is 14.7. The highest BCUT2D eigenvalue weighted by molar-refractivity contribution is 6.00. The molecule has 2 aliphatic heterocycles. The molecule has 5 heteroatoms. The van der Waals surface area contributed by atoms with Gasteiger partial charge < -0.3 is 14.7 Å². The molecule has 1 aromatic rings. The van der Waals surface area contributed by atoms with E-state index in [0.29, 0.717) is 13.0 Å². The predicted octanol–water partition coefficient (Wildman–Crippen LogP) is 1.77. The number of hydrogen-bond donors (Lipinski definition) is 0. The molecule has 0 aliphatic carbocycles. The Hall–Kier alpha value is -1.88. The van der Waals surface area contributed by atoms with Gasteiger partial charge in [-0.05, 0) is 30.7 Å². The molecule has 0 radical (unpaired) electrons. The van der Waals surface area contributed by atoms with Gasteiger partial charge in [0.1, 0.15) is 0 Å². The zero-order valence-corrected chi connectivity index (χ0v) is 14.7. The molecule has 0 aromatic heterocycles. The van der Waals surface area contributed by atoms with E-state index in [1.165, 1.54) is 5.56 Å². The van der Waals surface area contributed by atoms with E-state index in [9.17, 15) is 9.59 Å². The first-order chi connectivity index (χ1) is 11.6. The van der Waals surface area contributed by atoms with Crippen LogP contribution in [-0.4, -0.2) is 60.9 Å². The predicted molar refractivity (Wildman–Crippen MR) is 95.0 cm³/mol. The van der Waals surface area contributed by atoms with Gasteiger partial charge in [0.05, 0.1) is 5.92 Å². The molecule has 3 rings (SSSR count). The fourth-order valence-corrected chi connectivity index (χ4v) is 3.58. The summed E-state index contributed by atoms with van der Waals surface area (Å²) in [5.74, 6) is 0.00750. The third-order valence-corrected chi connectivity index (χ3v) is 5.26. The number of benzene rings is 1. The molecule has 1 atom stereocenters. The van der Waals surface area contributed by atoms with E-state index in [4.69, 9.17) is 0 Å². The van der Waals surface area contributed by atoms with Gasteiger partial charge in [0, 0.05) is 44.8 Å². The maximum absolute atomic E-state index is 12.7. The Labute approximate surface area is 144 Å². The minimum absolute atomic E-state index is 0.0600. The summed E-state index contributed by atoms with van der Waals surface area (Å²) in [6.45, 7) is 9.24. The van der Waals surface area contributed by atoms with Gasteiger partial charge in [-0.1, -0.05) is 26.0 Å². The van der Waals surface area contributed by atoms with Crippen molar-refractivity contribution in [3.63, 3.8) is 0 Å². The lowest BCUT2D eigenvalue weighted by atomic mass is 10.1.